The molecular formula is C28H24N4O4. The monoisotopic (exact) mass is 480 g/mol. The van der Waals surface area contributed by atoms with E-state index in [4.69, 9.17) is 10.5 Å². The average Bonchev–Trinajstić information content (AvgIpc) is 3.16. The highest BCUT2D eigenvalue weighted by molar-refractivity contribution is 6.25. The van der Waals surface area contributed by atoms with Crippen LogP contribution in [-0.2, 0) is 15.0 Å². The molecule has 2 atom stereocenters. The van der Waals surface area contributed by atoms with Crippen LogP contribution in [0.4, 0.5) is 10.5 Å². The van der Waals surface area contributed by atoms with Crippen molar-refractivity contribution in [1.29, 1.82) is 0 Å². The molecule has 1 fully saturated rings. The number of carbonyl (C=O) groups excluding carboxylic acids is 3. The largest absolute Gasteiger partial charge is 0.494 e. The van der Waals surface area contributed by atoms with Crippen LogP contribution in [-0.4, -0.2) is 30.7 Å². The summed E-state index contributed by atoms with van der Waals surface area (Å²) in [5.41, 5.74) is 10.8. The summed E-state index contributed by atoms with van der Waals surface area (Å²) in [4.78, 5) is 40.9. The minimum Gasteiger partial charge on any atom is -0.494 e. The summed E-state index contributed by atoms with van der Waals surface area (Å²) in [5.74, 6) is -1.50. The lowest BCUT2D eigenvalue weighted by molar-refractivity contribution is -0.122. The van der Waals surface area contributed by atoms with E-state index in [1.807, 2.05) is 55.5 Å². The number of anilines is 1. The Morgan fingerprint density at radius 1 is 1.00 bits per heavy atom. The molecule has 0 radical (unpaired) electrons. The zero-order valence-electron chi connectivity index (χ0n) is 19.5. The van der Waals surface area contributed by atoms with E-state index in [1.54, 1.807) is 30.5 Å². The summed E-state index contributed by atoms with van der Waals surface area (Å²) in [6.45, 7) is 2.41. The number of nitrogens with zero attached hydrogens (tertiary/aromatic N) is 2. The van der Waals surface area contributed by atoms with Crippen molar-refractivity contribution in [1.82, 2.24) is 5.43 Å². The summed E-state index contributed by atoms with van der Waals surface area (Å²) in [7, 11) is 0. The van der Waals surface area contributed by atoms with Gasteiger partial charge < -0.3 is 10.5 Å². The molecule has 8 heteroatoms. The lowest BCUT2D eigenvalue weighted by Gasteiger charge is -2.52. The molecule has 4 aliphatic rings. The topological polar surface area (TPSA) is 114 Å². The summed E-state index contributed by atoms with van der Waals surface area (Å²) in [6, 6.07) is 21.8. The Hall–Kier alpha value is -4.46. The van der Waals surface area contributed by atoms with E-state index in [9.17, 15) is 14.4 Å². The second kappa shape index (κ2) is 8.05. The number of amides is 4. The number of primary amides is 1. The molecular weight excluding hydrogens is 456 g/mol. The number of hydrazone groups is 1. The fraction of sp³-hybridized carbons (Fsp3) is 0.214. The number of imide groups is 1. The van der Waals surface area contributed by atoms with Gasteiger partial charge in [0.15, 0.2) is 0 Å². The summed E-state index contributed by atoms with van der Waals surface area (Å²) >= 11 is 0. The zero-order valence-corrected chi connectivity index (χ0v) is 19.5. The van der Waals surface area contributed by atoms with Crippen LogP contribution >= 0.6 is 0 Å². The number of ether oxygens (including phenoxy) is 1. The number of benzene rings is 3. The van der Waals surface area contributed by atoms with Crippen LogP contribution in [0.1, 0.15) is 35.1 Å². The molecule has 2 bridgehead atoms. The van der Waals surface area contributed by atoms with Crippen molar-refractivity contribution in [3.05, 3.63) is 95.1 Å². The molecule has 36 heavy (non-hydrogen) atoms. The van der Waals surface area contributed by atoms with Crippen LogP contribution < -0.4 is 20.8 Å². The molecule has 3 N–H and O–H groups in total. The number of nitrogens with two attached hydrogens (primary N) is 1. The predicted octanol–water partition coefficient (Wildman–Crippen LogP) is 3.29. The smallest absolute Gasteiger partial charge is 0.332 e. The van der Waals surface area contributed by atoms with Crippen LogP contribution in [0.15, 0.2) is 77.9 Å². The first kappa shape index (κ1) is 22.0. The van der Waals surface area contributed by atoms with Crippen LogP contribution in [0.25, 0.3) is 0 Å². The molecule has 2 unspecified atom stereocenters. The molecule has 0 aromatic heterocycles. The highest BCUT2D eigenvalue weighted by atomic mass is 16.5. The molecule has 3 aromatic carbocycles. The molecule has 8 nitrogen and oxygen atoms in total. The quantitative estimate of drug-likeness (QED) is 0.331. The Bertz CT molecular complexity index is 1380. The van der Waals surface area contributed by atoms with Gasteiger partial charge in [-0.2, -0.15) is 5.10 Å². The Labute approximate surface area is 207 Å². The zero-order chi connectivity index (χ0) is 25.0. The van der Waals surface area contributed by atoms with Gasteiger partial charge in [-0.1, -0.05) is 48.5 Å². The normalized spacial score (nSPS) is 25.5. The third kappa shape index (κ3) is 2.87. The minimum atomic E-state index is -1.05. The van der Waals surface area contributed by atoms with Gasteiger partial charge in [-0.05, 0) is 53.4 Å². The van der Waals surface area contributed by atoms with Crippen molar-refractivity contribution in [3.63, 3.8) is 0 Å². The fourth-order valence-electron chi connectivity index (χ4n) is 6.36. The molecule has 0 spiro atoms. The molecule has 1 heterocycles. The van der Waals surface area contributed by atoms with Gasteiger partial charge in [0.25, 0.3) is 0 Å². The third-order valence-corrected chi connectivity index (χ3v) is 7.53. The average molecular weight is 481 g/mol. The highest BCUT2D eigenvalue weighted by Crippen LogP contribution is 2.63. The number of carbonyl (C=O) groups is 3. The minimum absolute atomic E-state index is 0.246. The maximum absolute atomic E-state index is 14.2. The molecule has 3 aromatic rings. The fourth-order valence-corrected chi connectivity index (χ4v) is 6.36. The summed E-state index contributed by atoms with van der Waals surface area (Å²) < 4.78 is 5.53. The SMILES string of the molecule is CCOc1ccc(N2C(=O)C3C4c5ccccc5C(/C=N/NC(N)=O)(c5ccccc54)C3C2=O)cc1. The van der Waals surface area contributed by atoms with E-state index in [2.05, 4.69) is 10.5 Å². The van der Waals surface area contributed by atoms with E-state index in [-0.39, 0.29) is 17.7 Å². The lowest BCUT2D eigenvalue weighted by atomic mass is 9.47. The van der Waals surface area contributed by atoms with E-state index in [0.29, 0.717) is 18.0 Å². The Kier molecular flexibility index (Phi) is 4.93. The predicted molar refractivity (Wildman–Crippen MR) is 134 cm³/mol. The first-order valence-electron chi connectivity index (χ1n) is 11.9. The molecule has 0 saturated carbocycles. The maximum Gasteiger partial charge on any atom is 0.332 e. The third-order valence-electron chi connectivity index (χ3n) is 7.53. The Balaban J connectivity index is 1.57. The number of urea groups is 1. The van der Waals surface area contributed by atoms with Crippen LogP contribution in [0, 0.1) is 11.8 Å². The van der Waals surface area contributed by atoms with Gasteiger partial charge in [0.05, 0.1) is 29.5 Å². The van der Waals surface area contributed by atoms with Gasteiger partial charge in [-0.3, -0.25) is 9.59 Å². The Morgan fingerprint density at radius 3 is 2.19 bits per heavy atom. The molecule has 7 rings (SSSR count). The molecule has 1 saturated heterocycles. The van der Waals surface area contributed by atoms with Gasteiger partial charge in [0.2, 0.25) is 11.8 Å². The van der Waals surface area contributed by atoms with Crippen molar-refractivity contribution in [2.75, 3.05) is 11.5 Å². The van der Waals surface area contributed by atoms with Crippen LogP contribution in [0.5, 0.6) is 5.75 Å². The second-order valence-corrected chi connectivity index (χ2v) is 9.20. The van der Waals surface area contributed by atoms with E-state index < -0.39 is 23.3 Å². The summed E-state index contributed by atoms with van der Waals surface area (Å²) in [6.07, 6.45) is 1.58. The van der Waals surface area contributed by atoms with Crippen molar-refractivity contribution in [2.24, 2.45) is 22.7 Å². The molecule has 4 amide bonds. The van der Waals surface area contributed by atoms with Crippen molar-refractivity contribution in [3.8, 4) is 5.75 Å². The molecule has 1 aliphatic heterocycles. The first-order valence-corrected chi connectivity index (χ1v) is 11.9. The van der Waals surface area contributed by atoms with E-state index in [1.165, 1.54) is 4.90 Å². The van der Waals surface area contributed by atoms with Gasteiger partial charge in [-0.15, -0.1) is 0 Å². The number of hydrogen-bond acceptors (Lipinski definition) is 5. The Morgan fingerprint density at radius 2 is 1.61 bits per heavy atom. The molecule has 3 aliphatic carbocycles. The maximum atomic E-state index is 14.2. The van der Waals surface area contributed by atoms with Gasteiger partial charge in [-0.25, -0.2) is 15.1 Å². The van der Waals surface area contributed by atoms with Crippen molar-refractivity contribution in [2.45, 2.75) is 18.3 Å². The van der Waals surface area contributed by atoms with Crippen LogP contribution in [0.3, 0.4) is 0 Å². The van der Waals surface area contributed by atoms with E-state index >= 15 is 0 Å². The van der Waals surface area contributed by atoms with Crippen molar-refractivity contribution < 1.29 is 19.1 Å². The number of hydrogen-bond donors (Lipinski definition) is 2. The standard InChI is InChI=1S/C28H24N4O4/c1-2-36-17-13-11-16(12-14-17)32-25(33)23-22-18-7-3-5-9-20(18)28(24(23)26(32)34,15-30-31-27(29)35)21-10-6-4-8-19(21)22/h3-15,22-24H,2H2,1H3,(H3,29,31,35)/b30-15+. The van der Waals surface area contributed by atoms with Crippen LogP contribution in [0.2, 0.25) is 0 Å². The van der Waals surface area contributed by atoms with Gasteiger partial charge >= 0.3 is 6.03 Å². The van der Waals surface area contributed by atoms with Crippen molar-refractivity contribution >= 4 is 29.7 Å². The highest BCUT2D eigenvalue weighted by Gasteiger charge is 2.68. The number of rotatable bonds is 5. The lowest BCUT2D eigenvalue weighted by Crippen LogP contribution is -2.54. The molecule has 180 valence electrons. The summed E-state index contributed by atoms with van der Waals surface area (Å²) in [5, 5.41) is 4.16. The number of nitrogens with one attached hydrogen (secondary N) is 1. The van der Waals surface area contributed by atoms with Gasteiger partial charge in [0.1, 0.15) is 5.75 Å². The first-order chi connectivity index (χ1) is 17.5. The second-order valence-electron chi connectivity index (χ2n) is 9.20. The van der Waals surface area contributed by atoms with E-state index in [0.717, 1.165) is 22.3 Å². The van der Waals surface area contributed by atoms with Gasteiger partial charge in [0, 0.05) is 12.1 Å².